The molecule has 0 amide bonds. The van der Waals surface area contributed by atoms with Crippen LogP contribution in [-0.2, 0) is 0 Å². The molecule has 0 aliphatic heterocycles. The van der Waals surface area contributed by atoms with Gasteiger partial charge in [0.25, 0.3) is 0 Å². The quantitative estimate of drug-likeness (QED) is 0.641. The van der Waals surface area contributed by atoms with Gasteiger partial charge in [-0.3, -0.25) is 0 Å². The molecule has 0 spiro atoms. The van der Waals surface area contributed by atoms with Crippen LogP contribution in [0.5, 0.6) is 0 Å². The number of benzene rings is 2. The first-order chi connectivity index (χ1) is 9.42. The van der Waals surface area contributed by atoms with Crippen LogP contribution in [0.15, 0.2) is 78.4 Å². The normalized spacial score (nSPS) is 12.7. The highest BCUT2D eigenvalue weighted by atomic mass is 14.0. The second-order valence-electron chi connectivity index (χ2n) is 4.52. The van der Waals surface area contributed by atoms with Crippen molar-refractivity contribution < 1.29 is 0 Å². The fourth-order valence-electron chi connectivity index (χ4n) is 2.07. The lowest BCUT2D eigenvalue weighted by Gasteiger charge is -2.00. The Labute approximate surface area is 114 Å². The summed E-state index contributed by atoms with van der Waals surface area (Å²) in [7, 11) is 0. The zero-order valence-electron chi connectivity index (χ0n) is 10.6. The summed E-state index contributed by atoms with van der Waals surface area (Å²) in [5.74, 6) is 6.41. The number of rotatable bonds is 1. The largest absolute Gasteiger partial charge is 0.0794 e. The third-order valence-corrected chi connectivity index (χ3v) is 3.13. The van der Waals surface area contributed by atoms with Crippen LogP contribution >= 0.6 is 0 Å². The molecule has 2 aromatic rings. The summed E-state index contributed by atoms with van der Waals surface area (Å²) in [4.78, 5) is 0. The molecule has 90 valence electrons. The monoisotopic (exact) mass is 242 g/mol. The predicted molar refractivity (Wildman–Crippen MR) is 80.6 cm³/mol. The molecule has 0 fully saturated rings. The molecule has 0 heteroatoms. The summed E-state index contributed by atoms with van der Waals surface area (Å²) in [5, 5.41) is 0. The van der Waals surface area contributed by atoms with Crippen molar-refractivity contribution in [1.29, 1.82) is 0 Å². The molecular weight excluding hydrogens is 228 g/mol. The van der Waals surface area contributed by atoms with E-state index in [1.54, 1.807) is 0 Å². The molecule has 3 rings (SSSR count). The lowest BCUT2D eigenvalue weighted by molar-refractivity contribution is 1.36. The number of hydrogen-bond acceptors (Lipinski definition) is 0. The van der Waals surface area contributed by atoms with Gasteiger partial charge < -0.3 is 0 Å². The van der Waals surface area contributed by atoms with E-state index in [2.05, 4.69) is 78.6 Å². The van der Waals surface area contributed by atoms with Crippen LogP contribution < -0.4 is 0 Å². The van der Waals surface area contributed by atoms with E-state index < -0.39 is 0 Å². The fourth-order valence-corrected chi connectivity index (χ4v) is 2.07. The Morgan fingerprint density at radius 2 is 1.47 bits per heavy atom. The van der Waals surface area contributed by atoms with Crippen molar-refractivity contribution in [2.45, 2.75) is 6.42 Å². The van der Waals surface area contributed by atoms with Gasteiger partial charge in [0.1, 0.15) is 0 Å². The minimum absolute atomic E-state index is 0.967. The average Bonchev–Trinajstić information content (AvgIpc) is 3.00. The minimum atomic E-state index is 0.967. The minimum Gasteiger partial charge on any atom is -0.0794 e. The zero-order chi connectivity index (χ0) is 12.9. The molecular formula is C19H14. The predicted octanol–water partition coefficient (Wildman–Crippen LogP) is 4.59. The van der Waals surface area contributed by atoms with E-state index in [0.29, 0.717) is 0 Å². The molecule has 0 radical (unpaired) electrons. The van der Waals surface area contributed by atoms with Crippen LogP contribution in [0, 0.1) is 11.8 Å². The van der Waals surface area contributed by atoms with E-state index >= 15 is 0 Å². The number of hydrogen-bond donors (Lipinski definition) is 0. The van der Waals surface area contributed by atoms with Gasteiger partial charge in [-0.25, -0.2) is 0 Å². The molecule has 1 aliphatic rings. The highest BCUT2D eigenvalue weighted by Gasteiger charge is 1.96. The first kappa shape index (κ1) is 11.6. The average molecular weight is 242 g/mol. The number of allylic oxidation sites excluding steroid dienone is 4. The fraction of sp³-hybridized carbons (Fsp3) is 0.0526. The van der Waals surface area contributed by atoms with Gasteiger partial charge in [0.05, 0.1) is 0 Å². The summed E-state index contributed by atoms with van der Waals surface area (Å²) in [6.07, 6.45) is 7.23. The topological polar surface area (TPSA) is 0 Å². The summed E-state index contributed by atoms with van der Waals surface area (Å²) >= 11 is 0. The summed E-state index contributed by atoms with van der Waals surface area (Å²) in [6.45, 7) is 0. The molecule has 0 saturated carbocycles. The Hall–Kier alpha value is -2.52. The standard InChI is InChI=1S/C19H14/c1-2-8-18(9-3-1)19-14-12-17(13-15-19)11-10-16-6-4-5-7-16/h1-6,8-9,12-15H,7H2. The van der Waals surface area contributed by atoms with Crippen LogP contribution in [0.3, 0.4) is 0 Å². The molecule has 1 aliphatic carbocycles. The van der Waals surface area contributed by atoms with Crippen LogP contribution in [-0.4, -0.2) is 0 Å². The summed E-state index contributed by atoms with van der Waals surface area (Å²) in [6, 6.07) is 18.8. The third kappa shape index (κ3) is 2.84. The smallest absolute Gasteiger partial charge is 0.0249 e. The van der Waals surface area contributed by atoms with Gasteiger partial charge in [0, 0.05) is 11.1 Å². The molecule has 0 atom stereocenters. The maximum atomic E-state index is 3.21. The van der Waals surface area contributed by atoms with Gasteiger partial charge in [-0.05, 0) is 29.7 Å². The Kier molecular flexibility index (Phi) is 3.30. The van der Waals surface area contributed by atoms with Gasteiger partial charge >= 0.3 is 0 Å². The summed E-state index contributed by atoms with van der Waals surface area (Å²) in [5.41, 5.74) is 4.72. The van der Waals surface area contributed by atoms with Crippen molar-refractivity contribution in [2.75, 3.05) is 0 Å². The molecule has 0 aromatic heterocycles. The van der Waals surface area contributed by atoms with E-state index in [9.17, 15) is 0 Å². The van der Waals surface area contributed by atoms with E-state index in [1.165, 1.54) is 16.7 Å². The van der Waals surface area contributed by atoms with Crippen molar-refractivity contribution in [3.05, 3.63) is 84.0 Å². The van der Waals surface area contributed by atoms with E-state index in [-0.39, 0.29) is 0 Å². The van der Waals surface area contributed by atoms with Crippen molar-refractivity contribution in [3.63, 3.8) is 0 Å². The van der Waals surface area contributed by atoms with Crippen molar-refractivity contribution in [3.8, 4) is 23.0 Å². The molecule has 0 N–H and O–H groups in total. The maximum absolute atomic E-state index is 3.21. The van der Waals surface area contributed by atoms with E-state index in [0.717, 1.165) is 12.0 Å². The van der Waals surface area contributed by atoms with Crippen LogP contribution in [0.2, 0.25) is 0 Å². The second-order valence-corrected chi connectivity index (χ2v) is 4.52. The molecule has 0 unspecified atom stereocenters. The SMILES string of the molecule is C(#Cc1ccc(-c2ccccc2)cc1)C1=CC=CC1. The maximum Gasteiger partial charge on any atom is 0.0249 e. The highest BCUT2D eigenvalue weighted by Crippen LogP contribution is 2.19. The molecule has 0 nitrogen and oxygen atoms in total. The zero-order valence-corrected chi connectivity index (χ0v) is 10.6. The van der Waals surface area contributed by atoms with E-state index in [4.69, 9.17) is 0 Å². The van der Waals surface area contributed by atoms with Crippen LogP contribution in [0.25, 0.3) is 11.1 Å². The van der Waals surface area contributed by atoms with Crippen molar-refractivity contribution in [1.82, 2.24) is 0 Å². The first-order valence-electron chi connectivity index (χ1n) is 6.45. The summed E-state index contributed by atoms with van der Waals surface area (Å²) < 4.78 is 0. The molecule has 19 heavy (non-hydrogen) atoms. The molecule has 0 bridgehead atoms. The van der Waals surface area contributed by atoms with Crippen molar-refractivity contribution >= 4 is 0 Å². The van der Waals surface area contributed by atoms with Crippen LogP contribution in [0.1, 0.15) is 12.0 Å². The van der Waals surface area contributed by atoms with Gasteiger partial charge in [0.2, 0.25) is 0 Å². The Morgan fingerprint density at radius 1 is 0.737 bits per heavy atom. The van der Waals surface area contributed by atoms with Gasteiger partial charge in [-0.15, -0.1) is 0 Å². The highest BCUT2D eigenvalue weighted by molar-refractivity contribution is 5.64. The third-order valence-electron chi connectivity index (χ3n) is 3.13. The first-order valence-corrected chi connectivity index (χ1v) is 6.45. The Morgan fingerprint density at radius 3 is 2.16 bits per heavy atom. The van der Waals surface area contributed by atoms with E-state index in [1.807, 2.05) is 6.07 Å². The second kappa shape index (κ2) is 5.42. The molecule has 0 saturated heterocycles. The Balaban J connectivity index is 1.80. The van der Waals surface area contributed by atoms with Crippen LogP contribution in [0.4, 0.5) is 0 Å². The van der Waals surface area contributed by atoms with Gasteiger partial charge in [-0.2, -0.15) is 0 Å². The lowest BCUT2D eigenvalue weighted by Crippen LogP contribution is -1.79. The molecule has 0 heterocycles. The van der Waals surface area contributed by atoms with Gasteiger partial charge in [0.15, 0.2) is 0 Å². The lowest BCUT2D eigenvalue weighted by atomic mass is 10.0. The van der Waals surface area contributed by atoms with Gasteiger partial charge in [-0.1, -0.05) is 72.5 Å². The Bertz CT molecular complexity index is 674. The molecule has 2 aromatic carbocycles. The van der Waals surface area contributed by atoms with Crippen molar-refractivity contribution in [2.24, 2.45) is 0 Å².